The molecule has 0 aliphatic carbocycles. The predicted octanol–water partition coefficient (Wildman–Crippen LogP) is 3.26. The van der Waals surface area contributed by atoms with Crippen LogP contribution in [0.5, 0.6) is 0 Å². The molecule has 0 aliphatic rings. The molecule has 3 heteroatoms. The van der Waals surface area contributed by atoms with E-state index >= 15 is 0 Å². The van der Waals surface area contributed by atoms with Gasteiger partial charge in [0.15, 0.2) is 0 Å². The summed E-state index contributed by atoms with van der Waals surface area (Å²) in [6.07, 6.45) is 3.32. The van der Waals surface area contributed by atoms with Crippen LogP contribution in [-0.2, 0) is 0 Å². The minimum atomic E-state index is -0.396. The van der Waals surface area contributed by atoms with Crippen molar-refractivity contribution in [1.82, 2.24) is 9.97 Å². The number of benzene rings is 1. The molecule has 0 fully saturated rings. The first-order chi connectivity index (χ1) is 8.72. The summed E-state index contributed by atoms with van der Waals surface area (Å²) in [5, 5.41) is 9.28. The van der Waals surface area contributed by atoms with Crippen molar-refractivity contribution in [2.75, 3.05) is 0 Å². The number of nitriles is 1. The molecule has 0 saturated carbocycles. The van der Waals surface area contributed by atoms with Crippen LogP contribution in [0.2, 0.25) is 0 Å². The lowest BCUT2D eigenvalue weighted by molar-refractivity contribution is 0.857. The molecule has 3 nitrogen and oxygen atoms in total. The Morgan fingerprint density at radius 1 is 1.00 bits per heavy atom. The van der Waals surface area contributed by atoms with Gasteiger partial charge in [0.1, 0.15) is 11.7 Å². The van der Waals surface area contributed by atoms with Crippen molar-refractivity contribution in [1.29, 1.82) is 5.26 Å². The van der Waals surface area contributed by atoms with E-state index < -0.39 is 5.92 Å². The number of nitrogens with zero attached hydrogens (tertiary/aromatic N) is 3. The Morgan fingerprint density at radius 3 is 2.06 bits per heavy atom. The summed E-state index contributed by atoms with van der Waals surface area (Å²) < 4.78 is 0. The summed E-state index contributed by atoms with van der Waals surface area (Å²) in [6, 6.07) is 12.1. The molecule has 90 valence electrons. The van der Waals surface area contributed by atoms with Gasteiger partial charge >= 0.3 is 0 Å². The average Bonchev–Trinajstić information content (AvgIpc) is 2.41. The number of hydrogen-bond acceptors (Lipinski definition) is 3. The fourth-order valence-corrected chi connectivity index (χ4v) is 1.81. The van der Waals surface area contributed by atoms with Gasteiger partial charge in [0, 0.05) is 12.4 Å². The molecule has 2 aromatic rings. The molecular formula is C15H15N3. The minimum Gasteiger partial charge on any atom is -0.240 e. The van der Waals surface area contributed by atoms with Gasteiger partial charge in [-0.25, -0.2) is 9.97 Å². The average molecular weight is 237 g/mol. The maximum absolute atomic E-state index is 9.28. The predicted molar refractivity (Wildman–Crippen MR) is 70.0 cm³/mol. The van der Waals surface area contributed by atoms with Crippen LogP contribution in [-0.4, -0.2) is 9.97 Å². The Bertz CT molecular complexity index is 538. The minimum absolute atomic E-state index is 0.396. The smallest absolute Gasteiger partial charge is 0.149 e. The molecule has 1 unspecified atom stereocenters. The zero-order valence-corrected chi connectivity index (χ0v) is 10.5. The first kappa shape index (κ1) is 12.3. The fraction of sp³-hybridized carbons (Fsp3) is 0.267. The zero-order chi connectivity index (χ0) is 13.0. The molecule has 1 aromatic carbocycles. The van der Waals surface area contributed by atoms with Crippen LogP contribution >= 0.6 is 0 Å². The quantitative estimate of drug-likeness (QED) is 0.823. The molecular weight excluding hydrogens is 222 g/mol. The SMILES string of the molecule is CC(C)c1ccc(C(C#N)c2ncccn2)cc1. The highest BCUT2D eigenvalue weighted by molar-refractivity contribution is 5.34. The van der Waals surface area contributed by atoms with Gasteiger partial charge in [-0.1, -0.05) is 38.1 Å². The van der Waals surface area contributed by atoms with E-state index in [-0.39, 0.29) is 0 Å². The lowest BCUT2D eigenvalue weighted by atomic mass is 9.95. The van der Waals surface area contributed by atoms with Crippen molar-refractivity contribution in [2.45, 2.75) is 25.7 Å². The van der Waals surface area contributed by atoms with Crippen molar-refractivity contribution in [3.05, 3.63) is 59.7 Å². The highest BCUT2D eigenvalue weighted by atomic mass is 14.9. The molecule has 1 atom stereocenters. The van der Waals surface area contributed by atoms with E-state index in [1.165, 1.54) is 5.56 Å². The van der Waals surface area contributed by atoms with Crippen LogP contribution in [0.1, 0.15) is 42.6 Å². The van der Waals surface area contributed by atoms with Crippen LogP contribution in [0.3, 0.4) is 0 Å². The second-order valence-electron chi connectivity index (χ2n) is 4.49. The van der Waals surface area contributed by atoms with Crippen molar-refractivity contribution in [3.63, 3.8) is 0 Å². The maximum Gasteiger partial charge on any atom is 0.149 e. The van der Waals surface area contributed by atoms with Crippen molar-refractivity contribution >= 4 is 0 Å². The van der Waals surface area contributed by atoms with Gasteiger partial charge in [-0.3, -0.25) is 0 Å². The van der Waals surface area contributed by atoms with Gasteiger partial charge in [0.05, 0.1) is 6.07 Å². The topological polar surface area (TPSA) is 49.6 Å². The number of hydrogen-bond donors (Lipinski definition) is 0. The summed E-state index contributed by atoms with van der Waals surface area (Å²) in [5.74, 6) is 0.650. The third kappa shape index (κ3) is 2.54. The third-order valence-corrected chi connectivity index (χ3v) is 2.91. The molecule has 0 spiro atoms. The Balaban J connectivity index is 2.32. The second kappa shape index (κ2) is 5.42. The molecule has 0 saturated heterocycles. The van der Waals surface area contributed by atoms with Crippen molar-refractivity contribution in [3.8, 4) is 6.07 Å². The van der Waals surface area contributed by atoms with Crippen molar-refractivity contribution in [2.24, 2.45) is 0 Å². The van der Waals surface area contributed by atoms with Gasteiger partial charge in [0.25, 0.3) is 0 Å². The van der Waals surface area contributed by atoms with E-state index in [1.54, 1.807) is 18.5 Å². The van der Waals surface area contributed by atoms with Gasteiger partial charge in [-0.05, 0) is 23.1 Å². The Morgan fingerprint density at radius 2 is 1.56 bits per heavy atom. The van der Waals surface area contributed by atoms with Gasteiger partial charge < -0.3 is 0 Å². The monoisotopic (exact) mass is 237 g/mol. The van der Waals surface area contributed by atoms with E-state index in [0.29, 0.717) is 11.7 Å². The maximum atomic E-state index is 9.28. The summed E-state index contributed by atoms with van der Waals surface area (Å²) in [5.41, 5.74) is 2.21. The Hall–Kier alpha value is -2.21. The summed E-state index contributed by atoms with van der Waals surface area (Å²) in [4.78, 5) is 8.30. The lowest BCUT2D eigenvalue weighted by Gasteiger charge is -2.10. The van der Waals surface area contributed by atoms with E-state index in [2.05, 4.69) is 42.0 Å². The third-order valence-electron chi connectivity index (χ3n) is 2.91. The largest absolute Gasteiger partial charge is 0.240 e. The van der Waals surface area contributed by atoms with E-state index in [9.17, 15) is 5.26 Å². The second-order valence-corrected chi connectivity index (χ2v) is 4.49. The molecule has 0 amide bonds. The summed E-state index contributed by atoms with van der Waals surface area (Å²) in [7, 11) is 0. The van der Waals surface area contributed by atoms with Crippen LogP contribution < -0.4 is 0 Å². The van der Waals surface area contributed by atoms with E-state index in [4.69, 9.17) is 0 Å². The molecule has 18 heavy (non-hydrogen) atoms. The standard InChI is InChI=1S/C15H15N3/c1-11(2)12-4-6-13(7-5-12)14(10-16)15-17-8-3-9-18-15/h3-9,11,14H,1-2H3. The summed E-state index contributed by atoms with van der Waals surface area (Å²) >= 11 is 0. The summed E-state index contributed by atoms with van der Waals surface area (Å²) in [6.45, 7) is 4.30. The molecule has 2 rings (SSSR count). The zero-order valence-electron chi connectivity index (χ0n) is 10.5. The number of aromatic nitrogens is 2. The van der Waals surface area contributed by atoms with E-state index in [1.807, 2.05) is 12.1 Å². The molecule has 0 aliphatic heterocycles. The highest BCUT2D eigenvalue weighted by Gasteiger charge is 2.15. The molecule has 0 bridgehead atoms. The molecule has 0 N–H and O–H groups in total. The molecule has 0 radical (unpaired) electrons. The van der Waals surface area contributed by atoms with Crippen LogP contribution in [0.15, 0.2) is 42.7 Å². The van der Waals surface area contributed by atoms with Crippen LogP contribution in [0.25, 0.3) is 0 Å². The Labute approximate surface area is 107 Å². The Kier molecular flexibility index (Phi) is 3.69. The van der Waals surface area contributed by atoms with E-state index in [0.717, 1.165) is 5.56 Å². The number of rotatable bonds is 3. The van der Waals surface area contributed by atoms with Gasteiger partial charge in [-0.2, -0.15) is 5.26 Å². The van der Waals surface area contributed by atoms with Crippen molar-refractivity contribution < 1.29 is 0 Å². The first-order valence-electron chi connectivity index (χ1n) is 5.98. The van der Waals surface area contributed by atoms with Crippen LogP contribution in [0.4, 0.5) is 0 Å². The van der Waals surface area contributed by atoms with Gasteiger partial charge in [0.2, 0.25) is 0 Å². The molecule has 1 aromatic heterocycles. The fourth-order valence-electron chi connectivity index (χ4n) is 1.81. The lowest BCUT2D eigenvalue weighted by Crippen LogP contribution is -2.03. The molecule has 1 heterocycles. The normalized spacial score (nSPS) is 12.1. The first-order valence-corrected chi connectivity index (χ1v) is 5.98. The highest BCUT2D eigenvalue weighted by Crippen LogP contribution is 2.23. The van der Waals surface area contributed by atoms with Gasteiger partial charge in [-0.15, -0.1) is 0 Å². The van der Waals surface area contributed by atoms with Crippen LogP contribution in [0, 0.1) is 11.3 Å².